The van der Waals surface area contributed by atoms with Crippen LogP contribution in [0.4, 0.5) is 4.79 Å². The molecule has 0 unspecified atom stereocenters. The normalized spacial score (nSPS) is 7.00. The monoisotopic (exact) mass is 128 g/mol. The van der Waals surface area contributed by atoms with Crippen molar-refractivity contribution >= 4 is 6.16 Å². The molecule has 4 nitrogen and oxygen atoms in total. The number of carboxylic acid groups (broad SMARTS) is 1. The van der Waals surface area contributed by atoms with Crippen molar-refractivity contribution in [3.8, 4) is 0 Å². The van der Waals surface area contributed by atoms with Crippen LogP contribution in [0.15, 0.2) is 0 Å². The Balaban J connectivity index is -0.000000180. The molecule has 0 bridgehead atoms. The van der Waals surface area contributed by atoms with Crippen LogP contribution in [-0.4, -0.2) is 17.7 Å². The van der Waals surface area contributed by atoms with Gasteiger partial charge in [0.2, 0.25) is 0 Å². The van der Waals surface area contributed by atoms with E-state index in [9.17, 15) is 9.90 Å². The van der Waals surface area contributed by atoms with E-state index in [1.165, 1.54) is 0 Å². The summed E-state index contributed by atoms with van der Waals surface area (Å²) >= 11 is 0. The summed E-state index contributed by atoms with van der Waals surface area (Å²) in [6, 6.07) is 0. The van der Waals surface area contributed by atoms with Gasteiger partial charge >= 0.3 is 18.9 Å². The Kier molecular flexibility index (Phi) is 13.9. The Labute approximate surface area is 65.7 Å². The van der Waals surface area contributed by atoms with Crippen LogP contribution >= 0.6 is 0 Å². The third-order valence-corrected chi connectivity index (χ3v) is 0.332. The first-order valence-corrected chi connectivity index (χ1v) is 2.00. The molecule has 0 heterocycles. The predicted molar refractivity (Wildman–Crippen MR) is 25.2 cm³/mol. The van der Waals surface area contributed by atoms with Crippen molar-refractivity contribution in [1.29, 1.82) is 0 Å². The van der Waals surface area contributed by atoms with Crippen molar-refractivity contribution in [2.75, 3.05) is 0 Å². The molecule has 0 aromatic carbocycles. The van der Waals surface area contributed by atoms with Crippen LogP contribution in [0, 0.1) is 0 Å². The van der Waals surface area contributed by atoms with Crippen LogP contribution in [0.1, 0.15) is 13.8 Å². The van der Waals surface area contributed by atoms with Gasteiger partial charge in [-0.2, -0.15) is 0 Å². The first-order valence-electron chi connectivity index (χ1n) is 2.00. The van der Waals surface area contributed by atoms with Crippen molar-refractivity contribution in [3.63, 3.8) is 0 Å². The average Bonchev–Trinajstić information content (AvgIpc) is 1.27. The van der Waals surface area contributed by atoms with E-state index in [4.69, 9.17) is 0 Å². The van der Waals surface area contributed by atoms with Crippen LogP contribution in [0.3, 0.4) is 0 Å². The van der Waals surface area contributed by atoms with E-state index in [1.54, 1.807) is 13.8 Å². The minimum atomic E-state index is -1.46. The number of carbonyl (C=O) groups is 1. The Morgan fingerprint density at radius 2 is 1.89 bits per heavy atom. The summed E-state index contributed by atoms with van der Waals surface area (Å²) in [5, 5.41) is 9.48. The van der Waals surface area contributed by atoms with Crippen LogP contribution in [0.25, 0.3) is 0 Å². The van der Waals surface area contributed by atoms with Crippen LogP contribution < -0.4 is 24.0 Å². The van der Waals surface area contributed by atoms with Gasteiger partial charge in [-0.25, -0.2) is 0 Å². The largest absolute Gasteiger partial charge is 1.00 e. The van der Waals surface area contributed by atoms with Crippen LogP contribution in [0.5, 0.6) is 0 Å². The zero-order valence-electron chi connectivity index (χ0n) is 5.80. The molecule has 0 radical (unpaired) electrons. The number of hydrogen-bond acceptors (Lipinski definition) is 3. The Morgan fingerprint density at radius 1 is 1.56 bits per heavy atom. The second-order valence-corrected chi connectivity index (χ2v) is 1.42. The molecule has 9 heavy (non-hydrogen) atoms. The average molecular weight is 128 g/mol. The van der Waals surface area contributed by atoms with Gasteiger partial charge in [-0.15, -0.1) is 0 Å². The Morgan fingerprint density at radius 3 is 1.89 bits per heavy atom. The van der Waals surface area contributed by atoms with Crippen molar-refractivity contribution in [3.05, 3.63) is 0 Å². The molecule has 2 N–H and O–H groups in total. The van der Waals surface area contributed by atoms with Gasteiger partial charge in [0.1, 0.15) is 0 Å². The molecule has 0 aliphatic rings. The molecular formula is C4H9LiO4. The Bertz CT molecular complexity index is 73.0. The maximum Gasteiger partial charge on any atom is 1.00 e. The molecule has 0 saturated heterocycles. The van der Waals surface area contributed by atoms with Gasteiger partial charge < -0.3 is 20.1 Å². The molecule has 0 aliphatic heterocycles. The standard InChI is InChI=1S/C4H8O3.Li.H2O/c1-3(2)7-4(5)6;;/h3H,1-2H3,(H,5,6);;1H2/q;+1;/p-1. The third kappa shape index (κ3) is 18.1. The van der Waals surface area contributed by atoms with E-state index in [1.807, 2.05) is 0 Å². The summed E-state index contributed by atoms with van der Waals surface area (Å²) in [6.07, 6.45) is -1.75. The fraction of sp³-hybridized carbons (Fsp3) is 0.750. The summed E-state index contributed by atoms with van der Waals surface area (Å²) in [5.41, 5.74) is 0. The molecule has 0 aromatic heterocycles. The smallest absolute Gasteiger partial charge is 0.547 e. The summed E-state index contributed by atoms with van der Waals surface area (Å²) in [7, 11) is 0. The van der Waals surface area contributed by atoms with Gasteiger partial charge in [-0.05, 0) is 13.8 Å². The maximum atomic E-state index is 9.48. The van der Waals surface area contributed by atoms with Gasteiger partial charge in [0.15, 0.2) is 0 Å². The molecule has 0 atom stereocenters. The van der Waals surface area contributed by atoms with E-state index < -0.39 is 6.16 Å². The van der Waals surface area contributed by atoms with Crippen molar-refractivity contribution in [2.24, 2.45) is 0 Å². The quantitative estimate of drug-likeness (QED) is 0.266. The maximum absolute atomic E-state index is 9.48. The third-order valence-electron chi connectivity index (χ3n) is 0.332. The van der Waals surface area contributed by atoms with E-state index in [2.05, 4.69) is 4.74 Å². The van der Waals surface area contributed by atoms with E-state index >= 15 is 0 Å². The second-order valence-electron chi connectivity index (χ2n) is 1.42. The second kappa shape index (κ2) is 7.83. The topological polar surface area (TPSA) is 80.9 Å². The number of hydrogen-bond donors (Lipinski definition) is 0. The van der Waals surface area contributed by atoms with Crippen molar-refractivity contribution in [2.45, 2.75) is 20.0 Å². The van der Waals surface area contributed by atoms with Crippen LogP contribution in [-0.2, 0) is 4.74 Å². The van der Waals surface area contributed by atoms with E-state index in [0.717, 1.165) is 0 Å². The van der Waals surface area contributed by atoms with Gasteiger partial charge in [0, 0.05) is 6.10 Å². The zero-order chi connectivity index (χ0) is 5.86. The number of rotatable bonds is 1. The summed E-state index contributed by atoms with van der Waals surface area (Å²) in [6.45, 7) is 3.24. The van der Waals surface area contributed by atoms with Crippen molar-refractivity contribution in [1.82, 2.24) is 0 Å². The van der Waals surface area contributed by atoms with E-state index in [0.29, 0.717) is 0 Å². The Hall–Kier alpha value is -0.173. The number of carbonyl (C=O) groups excluding carboxylic acids is 1. The molecule has 50 valence electrons. The molecule has 0 aromatic rings. The molecular weight excluding hydrogens is 119 g/mol. The van der Waals surface area contributed by atoms with Crippen molar-refractivity contribution < 1.29 is 39.0 Å². The predicted octanol–water partition coefficient (Wildman–Crippen LogP) is -4.07. The summed E-state index contributed by atoms with van der Waals surface area (Å²) in [5.74, 6) is 0. The minimum absolute atomic E-state index is 0. The molecule has 0 fully saturated rings. The first kappa shape index (κ1) is 15.9. The summed E-state index contributed by atoms with van der Waals surface area (Å²) < 4.78 is 4.06. The molecule has 0 saturated carbocycles. The molecule has 0 rings (SSSR count). The number of ether oxygens (including phenoxy) is 1. The molecule has 0 amide bonds. The molecule has 5 heteroatoms. The summed E-state index contributed by atoms with van der Waals surface area (Å²) in [4.78, 5) is 9.48. The molecule has 0 aliphatic carbocycles. The van der Waals surface area contributed by atoms with Gasteiger partial charge in [-0.1, -0.05) is 0 Å². The van der Waals surface area contributed by atoms with Gasteiger partial charge in [0.25, 0.3) is 6.16 Å². The van der Waals surface area contributed by atoms with Gasteiger partial charge in [-0.3, -0.25) is 0 Å². The van der Waals surface area contributed by atoms with Gasteiger partial charge in [0.05, 0.1) is 0 Å². The zero-order valence-corrected chi connectivity index (χ0v) is 5.80. The fourth-order valence-corrected chi connectivity index (χ4v) is 0.192. The SMILES string of the molecule is CC(C)OC(=O)[O-].O.[Li+]. The first-order chi connectivity index (χ1) is 3.13. The minimum Gasteiger partial charge on any atom is -0.547 e. The molecule has 0 spiro atoms. The van der Waals surface area contributed by atoms with E-state index in [-0.39, 0.29) is 30.4 Å². The van der Waals surface area contributed by atoms with Crippen LogP contribution in [0.2, 0.25) is 0 Å². The fourth-order valence-electron chi connectivity index (χ4n) is 0.192.